The molecule has 1 aliphatic heterocycles. The Morgan fingerprint density at radius 1 is 1.47 bits per heavy atom. The summed E-state index contributed by atoms with van der Waals surface area (Å²) in [6.45, 7) is 6.55. The van der Waals surface area contributed by atoms with Gasteiger partial charge in [-0.25, -0.2) is 0 Å². The lowest BCUT2D eigenvalue weighted by Crippen LogP contribution is -2.40. The summed E-state index contributed by atoms with van der Waals surface area (Å²) >= 11 is 3.46. The van der Waals surface area contributed by atoms with Crippen molar-refractivity contribution in [1.82, 2.24) is 9.47 Å². The van der Waals surface area contributed by atoms with E-state index in [2.05, 4.69) is 29.8 Å². The van der Waals surface area contributed by atoms with E-state index in [1.807, 2.05) is 21.7 Å². The average molecular weight is 328 g/mol. The summed E-state index contributed by atoms with van der Waals surface area (Å²) < 4.78 is 2.99. The first-order valence-electron chi connectivity index (χ1n) is 6.89. The third kappa shape index (κ3) is 3.20. The zero-order chi connectivity index (χ0) is 14.0. The largest absolute Gasteiger partial charge is 0.340 e. The fourth-order valence-electron chi connectivity index (χ4n) is 2.58. The summed E-state index contributed by atoms with van der Waals surface area (Å²) in [4.78, 5) is 14.5. The van der Waals surface area contributed by atoms with Crippen LogP contribution in [0.5, 0.6) is 0 Å². The summed E-state index contributed by atoms with van der Waals surface area (Å²) in [5.74, 6) is 0.711. The van der Waals surface area contributed by atoms with Crippen LogP contribution in [0.4, 0.5) is 0 Å². The van der Waals surface area contributed by atoms with Crippen molar-refractivity contribution < 1.29 is 4.79 Å². The molecular weight excluding hydrogens is 306 g/mol. The highest BCUT2D eigenvalue weighted by Crippen LogP contribution is 2.23. The second-order valence-corrected chi connectivity index (χ2v) is 6.43. The summed E-state index contributed by atoms with van der Waals surface area (Å²) in [6, 6.07) is 2.20. The van der Waals surface area contributed by atoms with Crippen molar-refractivity contribution in [3.05, 3.63) is 22.4 Å². The topological polar surface area (TPSA) is 51.3 Å². The van der Waals surface area contributed by atoms with Gasteiger partial charge in [-0.3, -0.25) is 4.79 Å². The maximum Gasteiger partial charge on any atom is 0.270 e. The Bertz CT molecular complexity index is 448. The maximum absolute atomic E-state index is 12.6. The predicted molar refractivity (Wildman–Crippen MR) is 80.2 cm³/mol. The van der Waals surface area contributed by atoms with Gasteiger partial charge in [0, 0.05) is 29.8 Å². The lowest BCUT2D eigenvalue weighted by Gasteiger charge is -2.31. The van der Waals surface area contributed by atoms with Crippen molar-refractivity contribution in [3.8, 4) is 0 Å². The standard InChI is InChI=1S/C14H22BrN3O/c1-10(2)18-9-12(15)7-13(18)14(19)17-5-3-11(8-16)4-6-17/h7,9-11H,3-6,8,16H2,1-2H3. The Morgan fingerprint density at radius 3 is 2.63 bits per heavy atom. The van der Waals surface area contributed by atoms with Crippen LogP contribution in [0.15, 0.2) is 16.7 Å². The predicted octanol–water partition coefficient (Wildman–Crippen LogP) is 2.64. The molecule has 0 spiro atoms. The molecule has 0 aromatic carbocycles. The van der Waals surface area contributed by atoms with Gasteiger partial charge in [0.2, 0.25) is 0 Å². The quantitative estimate of drug-likeness (QED) is 0.927. The normalized spacial score (nSPS) is 17.2. The minimum Gasteiger partial charge on any atom is -0.340 e. The van der Waals surface area contributed by atoms with Gasteiger partial charge in [0.25, 0.3) is 5.91 Å². The number of halogens is 1. The first-order chi connectivity index (χ1) is 9.02. The second kappa shape index (κ2) is 6.09. The van der Waals surface area contributed by atoms with Crippen LogP contribution < -0.4 is 5.73 Å². The fraction of sp³-hybridized carbons (Fsp3) is 0.643. The van der Waals surface area contributed by atoms with Crippen molar-refractivity contribution in [1.29, 1.82) is 0 Å². The van der Waals surface area contributed by atoms with E-state index in [0.717, 1.165) is 42.6 Å². The van der Waals surface area contributed by atoms with Gasteiger partial charge in [0.1, 0.15) is 5.69 Å². The van der Waals surface area contributed by atoms with Crippen LogP contribution >= 0.6 is 15.9 Å². The van der Waals surface area contributed by atoms with E-state index < -0.39 is 0 Å². The molecule has 0 saturated carbocycles. The van der Waals surface area contributed by atoms with Gasteiger partial charge in [-0.1, -0.05) is 0 Å². The van der Waals surface area contributed by atoms with Crippen LogP contribution in [0.2, 0.25) is 0 Å². The van der Waals surface area contributed by atoms with Gasteiger partial charge in [-0.05, 0) is 61.1 Å². The van der Waals surface area contributed by atoms with Crippen LogP contribution in [-0.2, 0) is 0 Å². The van der Waals surface area contributed by atoms with Crippen LogP contribution in [-0.4, -0.2) is 35.0 Å². The summed E-state index contributed by atoms with van der Waals surface area (Å²) in [5.41, 5.74) is 6.46. The van der Waals surface area contributed by atoms with Crippen molar-refractivity contribution in [2.45, 2.75) is 32.7 Å². The molecule has 19 heavy (non-hydrogen) atoms. The molecule has 106 valence electrons. The highest BCUT2D eigenvalue weighted by Gasteiger charge is 2.25. The van der Waals surface area contributed by atoms with Crippen molar-refractivity contribution in [2.24, 2.45) is 11.7 Å². The van der Waals surface area contributed by atoms with Gasteiger partial charge < -0.3 is 15.2 Å². The Balaban J connectivity index is 2.12. The van der Waals surface area contributed by atoms with E-state index in [0.29, 0.717) is 5.92 Å². The molecule has 0 bridgehead atoms. The number of rotatable bonds is 3. The maximum atomic E-state index is 12.6. The van der Waals surface area contributed by atoms with Crippen molar-refractivity contribution in [3.63, 3.8) is 0 Å². The van der Waals surface area contributed by atoms with E-state index in [1.165, 1.54) is 0 Å². The Hall–Kier alpha value is -0.810. The van der Waals surface area contributed by atoms with E-state index in [9.17, 15) is 4.79 Å². The Kier molecular flexibility index (Phi) is 4.68. The number of amides is 1. The minimum absolute atomic E-state index is 0.134. The number of carbonyl (C=O) groups excluding carboxylic acids is 1. The number of aromatic nitrogens is 1. The Labute approximate surface area is 123 Å². The highest BCUT2D eigenvalue weighted by atomic mass is 79.9. The van der Waals surface area contributed by atoms with E-state index in [-0.39, 0.29) is 11.9 Å². The Morgan fingerprint density at radius 2 is 2.11 bits per heavy atom. The van der Waals surface area contributed by atoms with E-state index in [4.69, 9.17) is 5.73 Å². The molecule has 1 fully saturated rings. The fourth-order valence-corrected chi connectivity index (χ4v) is 3.02. The molecule has 0 unspecified atom stereocenters. The first kappa shape index (κ1) is 14.6. The molecule has 1 aromatic heterocycles. The van der Waals surface area contributed by atoms with Gasteiger partial charge >= 0.3 is 0 Å². The molecule has 1 amide bonds. The molecule has 0 radical (unpaired) electrons. The molecule has 1 aromatic rings. The number of carbonyl (C=O) groups is 1. The number of nitrogens with two attached hydrogens (primary N) is 1. The van der Waals surface area contributed by atoms with Crippen LogP contribution in [0.1, 0.15) is 43.2 Å². The van der Waals surface area contributed by atoms with Crippen molar-refractivity contribution in [2.75, 3.05) is 19.6 Å². The molecule has 1 aliphatic rings. The number of piperidine rings is 1. The minimum atomic E-state index is 0.134. The van der Waals surface area contributed by atoms with Crippen LogP contribution in [0, 0.1) is 5.92 Å². The SMILES string of the molecule is CC(C)n1cc(Br)cc1C(=O)N1CCC(CN)CC1. The zero-order valence-corrected chi connectivity index (χ0v) is 13.2. The lowest BCUT2D eigenvalue weighted by molar-refractivity contribution is 0.0681. The number of likely N-dealkylation sites (tertiary alicyclic amines) is 1. The molecular formula is C14H22BrN3O. The second-order valence-electron chi connectivity index (χ2n) is 5.52. The van der Waals surface area contributed by atoms with Gasteiger partial charge in [-0.15, -0.1) is 0 Å². The third-order valence-corrected chi connectivity index (χ3v) is 4.26. The molecule has 2 N–H and O–H groups in total. The highest BCUT2D eigenvalue weighted by molar-refractivity contribution is 9.10. The molecule has 0 aliphatic carbocycles. The molecule has 2 rings (SSSR count). The first-order valence-corrected chi connectivity index (χ1v) is 7.69. The van der Waals surface area contributed by atoms with Gasteiger partial charge in [-0.2, -0.15) is 0 Å². The molecule has 2 heterocycles. The molecule has 4 nitrogen and oxygen atoms in total. The lowest BCUT2D eigenvalue weighted by atomic mass is 9.97. The molecule has 0 atom stereocenters. The van der Waals surface area contributed by atoms with E-state index >= 15 is 0 Å². The number of nitrogens with zero attached hydrogens (tertiary/aromatic N) is 2. The summed E-state index contributed by atoms with van der Waals surface area (Å²) in [7, 11) is 0. The third-order valence-electron chi connectivity index (χ3n) is 3.83. The molecule has 5 heteroatoms. The smallest absolute Gasteiger partial charge is 0.270 e. The summed E-state index contributed by atoms with van der Waals surface area (Å²) in [6.07, 6.45) is 4.02. The molecule has 1 saturated heterocycles. The van der Waals surface area contributed by atoms with Gasteiger partial charge in [0.05, 0.1) is 0 Å². The number of hydrogen-bond donors (Lipinski definition) is 1. The van der Waals surface area contributed by atoms with Gasteiger partial charge in [0.15, 0.2) is 0 Å². The zero-order valence-electron chi connectivity index (χ0n) is 11.6. The van der Waals surface area contributed by atoms with E-state index in [1.54, 1.807) is 0 Å². The monoisotopic (exact) mass is 327 g/mol. The average Bonchev–Trinajstić information content (AvgIpc) is 2.80. The summed E-state index contributed by atoms with van der Waals surface area (Å²) in [5, 5.41) is 0. The van der Waals surface area contributed by atoms with Crippen LogP contribution in [0.3, 0.4) is 0 Å². The van der Waals surface area contributed by atoms with Crippen LogP contribution in [0.25, 0.3) is 0 Å². The van der Waals surface area contributed by atoms with Crippen molar-refractivity contribution >= 4 is 21.8 Å². The number of hydrogen-bond acceptors (Lipinski definition) is 2.